The first-order valence-corrected chi connectivity index (χ1v) is 6.02. The molecule has 4 heteroatoms. The lowest BCUT2D eigenvalue weighted by Gasteiger charge is -2.15. The lowest BCUT2D eigenvalue weighted by atomic mass is 10.1. The van der Waals surface area contributed by atoms with E-state index >= 15 is 0 Å². The molecule has 1 unspecified atom stereocenters. The number of hydrogen-bond donors (Lipinski definition) is 2. The number of nitrogens with zero attached hydrogens (tertiary/aromatic N) is 1. The van der Waals surface area contributed by atoms with Crippen LogP contribution in [0, 0.1) is 18.3 Å². The van der Waals surface area contributed by atoms with Gasteiger partial charge in [-0.25, -0.2) is 0 Å². The molecule has 2 N–H and O–H groups in total. The molecule has 1 atom stereocenters. The first-order chi connectivity index (χ1) is 8.52. The van der Waals surface area contributed by atoms with E-state index < -0.39 is 5.97 Å². The van der Waals surface area contributed by atoms with Crippen LogP contribution in [-0.4, -0.2) is 17.1 Å². The van der Waals surface area contributed by atoms with Gasteiger partial charge in [-0.05, 0) is 50.5 Å². The fraction of sp³-hybridized carbons (Fsp3) is 0.429. The van der Waals surface area contributed by atoms with Gasteiger partial charge in [-0.1, -0.05) is 0 Å². The molecule has 0 saturated carbocycles. The van der Waals surface area contributed by atoms with Crippen LogP contribution in [0.15, 0.2) is 18.2 Å². The van der Waals surface area contributed by atoms with Gasteiger partial charge in [0.2, 0.25) is 0 Å². The average Bonchev–Trinajstić information content (AvgIpc) is 2.28. The van der Waals surface area contributed by atoms with Gasteiger partial charge in [0.05, 0.1) is 11.6 Å². The Labute approximate surface area is 107 Å². The molecular formula is C14H18N2O2. The summed E-state index contributed by atoms with van der Waals surface area (Å²) in [5.41, 5.74) is 2.59. The first-order valence-electron chi connectivity index (χ1n) is 6.02. The Morgan fingerprint density at radius 1 is 1.56 bits per heavy atom. The SMILES string of the molecule is Cc1cc(NC(C)CCCC(=O)O)ccc1C#N. The number of nitriles is 1. The summed E-state index contributed by atoms with van der Waals surface area (Å²) in [6.07, 6.45) is 1.68. The quantitative estimate of drug-likeness (QED) is 0.809. The standard InChI is InChI=1S/C14H18N2O2/c1-10-8-13(7-6-12(10)9-15)16-11(2)4-3-5-14(17)18/h6-8,11,16H,3-5H2,1-2H3,(H,17,18). The first kappa shape index (κ1) is 14.0. The van der Waals surface area contributed by atoms with Crippen LogP contribution >= 0.6 is 0 Å². The molecule has 4 nitrogen and oxygen atoms in total. The van der Waals surface area contributed by atoms with Crippen LogP contribution in [0.4, 0.5) is 5.69 Å². The number of rotatable bonds is 6. The second-order valence-electron chi connectivity index (χ2n) is 4.47. The highest BCUT2D eigenvalue weighted by Crippen LogP contribution is 2.16. The number of carboxylic acid groups (broad SMARTS) is 1. The average molecular weight is 246 g/mol. The van der Waals surface area contributed by atoms with Crippen LogP contribution in [-0.2, 0) is 4.79 Å². The molecular weight excluding hydrogens is 228 g/mol. The highest BCUT2D eigenvalue weighted by molar-refractivity contribution is 5.66. The molecule has 0 heterocycles. The Kier molecular flexibility index (Phi) is 5.19. The third-order valence-corrected chi connectivity index (χ3v) is 2.79. The highest BCUT2D eigenvalue weighted by Gasteiger charge is 2.05. The van der Waals surface area contributed by atoms with Crippen molar-refractivity contribution >= 4 is 11.7 Å². The number of nitrogens with one attached hydrogen (secondary N) is 1. The van der Waals surface area contributed by atoms with Crippen molar-refractivity contribution in [1.82, 2.24) is 0 Å². The molecule has 1 aromatic rings. The zero-order valence-corrected chi connectivity index (χ0v) is 10.7. The van der Waals surface area contributed by atoms with Crippen molar-refractivity contribution in [3.8, 4) is 6.07 Å². The molecule has 0 saturated heterocycles. The number of aryl methyl sites for hydroxylation is 1. The second kappa shape index (κ2) is 6.65. The van der Waals surface area contributed by atoms with E-state index in [4.69, 9.17) is 10.4 Å². The van der Waals surface area contributed by atoms with Crippen molar-refractivity contribution in [3.05, 3.63) is 29.3 Å². The van der Waals surface area contributed by atoms with E-state index in [1.807, 2.05) is 26.0 Å². The fourth-order valence-electron chi connectivity index (χ4n) is 1.80. The van der Waals surface area contributed by atoms with Gasteiger partial charge in [-0.2, -0.15) is 5.26 Å². The maximum atomic E-state index is 10.4. The number of hydrogen-bond acceptors (Lipinski definition) is 3. The number of anilines is 1. The molecule has 1 rings (SSSR count). The van der Waals surface area contributed by atoms with Gasteiger partial charge in [-0.3, -0.25) is 4.79 Å². The maximum Gasteiger partial charge on any atom is 0.303 e. The molecule has 0 aliphatic rings. The third-order valence-electron chi connectivity index (χ3n) is 2.79. The van der Waals surface area contributed by atoms with Crippen LogP contribution in [0.25, 0.3) is 0 Å². The van der Waals surface area contributed by atoms with Gasteiger partial charge < -0.3 is 10.4 Å². The van der Waals surface area contributed by atoms with Crippen LogP contribution < -0.4 is 5.32 Å². The van der Waals surface area contributed by atoms with E-state index in [0.29, 0.717) is 12.0 Å². The fourth-order valence-corrected chi connectivity index (χ4v) is 1.80. The molecule has 0 spiro atoms. The maximum absolute atomic E-state index is 10.4. The van der Waals surface area contributed by atoms with Gasteiger partial charge in [0.25, 0.3) is 0 Å². The van der Waals surface area contributed by atoms with Gasteiger partial charge in [-0.15, -0.1) is 0 Å². The zero-order chi connectivity index (χ0) is 13.5. The lowest BCUT2D eigenvalue weighted by Crippen LogP contribution is -2.15. The Morgan fingerprint density at radius 3 is 2.83 bits per heavy atom. The van der Waals surface area contributed by atoms with Crippen molar-refractivity contribution < 1.29 is 9.90 Å². The van der Waals surface area contributed by atoms with E-state index in [2.05, 4.69) is 11.4 Å². The summed E-state index contributed by atoms with van der Waals surface area (Å²) in [6, 6.07) is 7.95. The van der Waals surface area contributed by atoms with E-state index in [0.717, 1.165) is 17.7 Å². The molecule has 1 aromatic carbocycles. The molecule has 18 heavy (non-hydrogen) atoms. The molecule has 0 aromatic heterocycles. The van der Waals surface area contributed by atoms with Gasteiger partial charge in [0.15, 0.2) is 0 Å². The smallest absolute Gasteiger partial charge is 0.303 e. The molecule has 0 aliphatic carbocycles. The van der Waals surface area contributed by atoms with E-state index in [-0.39, 0.29) is 12.5 Å². The zero-order valence-electron chi connectivity index (χ0n) is 10.7. The summed E-state index contributed by atoms with van der Waals surface area (Å²) < 4.78 is 0. The van der Waals surface area contributed by atoms with E-state index in [9.17, 15) is 4.79 Å². The van der Waals surface area contributed by atoms with Crippen molar-refractivity contribution in [3.63, 3.8) is 0 Å². The third kappa shape index (κ3) is 4.46. The summed E-state index contributed by atoms with van der Waals surface area (Å²) in [4.78, 5) is 10.4. The summed E-state index contributed by atoms with van der Waals surface area (Å²) in [6.45, 7) is 3.92. The Balaban J connectivity index is 2.49. The predicted molar refractivity (Wildman–Crippen MR) is 70.5 cm³/mol. The molecule has 0 radical (unpaired) electrons. The van der Waals surface area contributed by atoms with E-state index in [1.165, 1.54) is 0 Å². The summed E-state index contributed by atoms with van der Waals surface area (Å²) >= 11 is 0. The largest absolute Gasteiger partial charge is 0.481 e. The Bertz CT molecular complexity index is 463. The minimum absolute atomic E-state index is 0.207. The summed E-state index contributed by atoms with van der Waals surface area (Å²) in [5, 5.41) is 20.7. The van der Waals surface area contributed by atoms with Crippen molar-refractivity contribution in [2.45, 2.75) is 39.2 Å². The number of carboxylic acids is 1. The second-order valence-corrected chi connectivity index (χ2v) is 4.47. The van der Waals surface area contributed by atoms with Crippen molar-refractivity contribution in [2.24, 2.45) is 0 Å². The Morgan fingerprint density at radius 2 is 2.28 bits per heavy atom. The molecule has 96 valence electrons. The van der Waals surface area contributed by atoms with Crippen LogP contribution in [0.5, 0.6) is 0 Å². The monoisotopic (exact) mass is 246 g/mol. The topological polar surface area (TPSA) is 73.1 Å². The number of carbonyl (C=O) groups is 1. The van der Waals surface area contributed by atoms with Crippen LogP contribution in [0.1, 0.15) is 37.3 Å². The number of benzene rings is 1. The minimum Gasteiger partial charge on any atom is -0.481 e. The Hall–Kier alpha value is -2.02. The van der Waals surface area contributed by atoms with Crippen molar-refractivity contribution in [1.29, 1.82) is 5.26 Å². The molecule has 0 bridgehead atoms. The van der Waals surface area contributed by atoms with Gasteiger partial charge in [0.1, 0.15) is 0 Å². The molecule has 0 fully saturated rings. The van der Waals surface area contributed by atoms with Gasteiger partial charge >= 0.3 is 5.97 Å². The number of aliphatic carboxylic acids is 1. The summed E-state index contributed by atoms with van der Waals surface area (Å²) in [5.74, 6) is -0.753. The van der Waals surface area contributed by atoms with Crippen LogP contribution in [0.2, 0.25) is 0 Å². The van der Waals surface area contributed by atoms with Crippen LogP contribution in [0.3, 0.4) is 0 Å². The minimum atomic E-state index is -0.753. The highest BCUT2D eigenvalue weighted by atomic mass is 16.4. The van der Waals surface area contributed by atoms with Gasteiger partial charge in [0, 0.05) is 18.2 Å². The molecule has 0 amide bonds. The summed E-state index contributed by atoms with van der Waals surface area (Å²) in [7, 11) is 0. The van der Waals surface area contributed by atoms with Crippen molar-refractivity contribution in [2.75, 3.05) is 5.32 Å². The molecule has 0 aliphatic heterocycles. The van der Waals surface area contributed by atoms with E-state index in [1.54, 1.807) is 6.07 Å². The lowest BCUT2D eigenvalue weighted by molar-refractivity contribution is -0.137. The normalized spacial score (nSPS) is 11.6. The predicted octanol–water partition coefficient (Wildman–Crippen LogP) is 2.92.